The van der Waals surface area contributed by atoms with Crippen molar-refractivity contribution in [2.75, 3.05) is 0 Å². The van der Waals surface area contributed by atoms with Crippen molar-refractivity contribution >= 4 is 49.7 Å². The number of allylic oxidation sites excluding steroid dienone is 1. The summed E-state index contributed by atoms with van der Waals surface area (Å²) >= 11 is 15.7. The fourth-order valence-electron chi connectivity index (χ4n) is 1.67. The van der Waals surface area contributed by atoms with E-state index in [1.54, 1.807) is 12.1 Å². The zero-order chi connectivity index (χ0) is 13.8. The van der Waals surface area contributed by atoms with E-state index in [0.29, 0.717) is 21.2 Å². The Morgan fingerprint density at radius 2 is 1.74 bits per heavy atom. The van der Waals surface area contributed by atoms with E-state index in [1.807, 2.05) is 36.4 Å². The first-order chi connectivity index (χ1) is 9.11. The fraction of sp³-hybridized carbons (Fsp3) is 0. The lowest BCUT2D eigenvalue weighted by molar-refractivity contribution is 1.52. The topological polar surface area (TPSA) is 23.8 Å². The molecule has 0 fully saturated rings. The van der Waals surface area contributed by atoms with Crippen LogP contribution in [0, 0.1) is 11.3 Å². The molecule has 0 saturated carbocycles. The molecular weight excluding hydrogens is 345 g/mol. The summed E-state index contributed by atoms with van der Waals surface area (Å²) < 4.78 is 0.818. The summed E-state index contributed by atoms with van der Waals surface area (Å²) in [6.45, 7) is 0. The van der Waals surface area contributed by atoms with Crippen molar-refractivity contribution in [3.63, 3.8) is 0 Å². The molecule has 0 saturated heterocycles. The predicted octanol–water partition coefficient (Wildman–Crippen LogP) is 5.73. The third kappa shape index (κ3) is 3.39. The molecule has 0 aromatic heterocycles. The van der Waals surface area contributed by atoms with E-state index in [1.165, 1.54) is 0 Å². The molecule has 0 amide bonds. The Morgan fingerprint density at radius 1 is 1.05 bits per heavy atom. The lowest BCUT2D eigenvalue weighted by Crippen LogP contribution is -1.86. The first-order valence-corrected chi connectivity index (χ1v) is 6.98. The SMILES string of the molecule is N#C/C(=C(/Cl)c1cc(Cl)cc(Br)c1)c1ccccc1. The average molecular weight is 353 g/mol. The summed E-state index contributed by atoms with van der Waals surface area (Å²) in [5.74, 6) is 0. The van der Waals surface area contributed by atoms with Gasteiger partial charge >= 0.3 is 0 Å². The number of benzene rings is 2. The van der Waals surface area contributed by atoms with E-state index in [0.717, 1.165) is 10.0 Å². The maximum Gasteiger partial charge on any atom is 0.101 e. The molecule has 2 rings (SSSR count). The van der Waals surface area contributed by atoms with Gasteiger partial charge in [-0.25, -0.2) is 0 Å². The molecule has 0 heterocycles. The van der Waals surface area contributed by atoms with Crippen molar-refractivity contribution in [3.05, 3.63) is 69.2 Å². The molecule has 0 bridgehead atoms. The molecule has 0 spiro atoms. The van der Waals surface area contributed by atoms with Crippen molar-refractivity contribution in [1.29, 1.82) is 5.26 Å². The van der Waals surface area contributed by atoms with Gasteiger partial charge in [0, 0.05) is 9.50 Å². The molecule has 0 atom stereocenters. The Hall–Kier alpha value is -1.27. The molecule has 0 unspecified atom stereocenters. The summed E-state index contributed by atoms with van der Waals surface area (Å²) in [5, 5.41) is 10.3. The van der Waals surface area contributed by atoms with Gasteiger partial charge in [0.25, 0.3) is 0 Å². The molecule has 2 aromatic carbocycles. The third-order valence-corrected chi connectivity index (χ3v) is 3.59. The summed E-state index contributed by atoms with van der Waals surface area (Å²) in [6, 6.07) is 16.8. The minimum Gasteiger partial charge on any atom is -0.192 e. The summed E-state index contributed by atoms with van der Waals surface area (Å²) in [6.07, 6.45) is 0. The van der Waals surface area contributed by atoms with Gasteiger partial charge in [0.15, 0.2) is 0 Å². The molecule has 94 valence electrons. The molecule has 0 N–H and O–H groups in total. The first kappa shape index (κ1) is 14.1. The number of halogens is 3. The second kappa shape index (κ2) is 6.25. The standard InChI is InChI=1S/C15H8BrCl2N/c16-12-6-11(7-13(17)8-12)15(18)14(9-19)10-4-2-1-3-5-10/h1-8H/b15-14-. The predicted molar refractivity (Wildman–Crippen MR) is 83.9 cm³/mol. The number of rotatable bonds is 2. The molecule has 0 radical (unpaired) electrons. The zero-order valence-corrected chi connectivity index (χ0v) is 12.8. The molecule has 0 aliphatic carbocycles. The number of hydrogen-bond donors (Lipinski definition) is 0. The summed E-state index contributed by atoms with van der Waals surface area (Å²) in [4.78, 5) is 0. The summed E-state index contributed by atoms with van der Waals surface area (Å²) in [7, 11) is 0. The zero-order valence-electron chi connectivity index (χ0n) is 9.70. The summed E-state index contributed by atoms with van der Waals surface area (Å²) in [5.41, 5.74) is 1.92. The van der Waals surface area contributed by atoms with Gasteiger partial charge in [-0.15, -0.1) is 0 Å². The molecule has 1 nitrogen and oxygen atoms in total. The fourth-order valence-corrected chi connectivity index (χ4v) is 2.79. The van der Waals surface area contributed by atoms with Crippen molar-refractivity contribution in [2.24, 2.45) is 0 Å². The first-order valence-electron chi connectivity index (χ1n) is 5.43. The Morgan fingerprint density at radius 3 is 2.32 bits per heavy atom. The molecule has 19 heavy (non-hydrogen) atoms. The molecular formula is C15H8BrCl2N. The van der Waals surface area contributed by atoms with E-state index in [-0.39, 0.29) is 0 Å². The lowest BCUT2D eigenvalue weighted by Gasteiger charge is -2.06. The third-order valence-electron chi connectivity index (χ3n) is 2.51. The highest BCUT2D eigenvalue weighted by Gasteiger charge is 2.10. The maximum atomic E-state index is 9.31. The number of nitrogens with zero attached hydrogens (tertiary/aromatic N) is 1. The maximum absolute atomic E-state index is 9.31. The highest BCUT2D eigenvalue weighted by Crippen LogP contribution is 2.32. The molecule has 4 heteroatoms. The highest BCUT2D eigenvalue weighted by molar-refractivity contribution is 9.10. The van der Waals surface area contributed by atoms with Crippen molar-refractivity contribution < 1.29 is 0 Å². The Labute approximate surface area is 130 Å². The van der Waals surface area contributed by atoms with Gasteiger partial charge in [0.05, 0.1) is 10.6 Å². The van der Waals surface area contributed by atoms with Crippen LogP contribution in [0.5, 0.6) is 0 Å². The van der Waals surface area contributed by atoms with Crippen LogP contribution in [0.2, 0.25) is 5.02 Å². The van der Waals surface area contributed by atoms with E-state index < -0.39 is 0 Å². The van der Waals surface area contributed by atoms with Crippen LogP contribution in [-0.2, 0) is 0 Å². The van der Waals surface area contributed by atoms with Crippen LogP contribution in [0.4, 0.5) is 0 Å². The quantitative estimate of drug-likeness (QED) is 0.499. The molecule has 0 aliphatic rings. The van der Waals surface area contributed by atoms with Crippen LogP contribution in [0.1, 0.15) is 11.1 Å². The second-order valence-electron chi connectivity index (χ2n) is 3.82. The van der Waals surface area contributed by atoms with Crippen LogP contribution < -0.4 is 0 Å². The number of nitriles is 1. The van der Waals surface area contributed by atoms with Gasteiger partial charge in [-0.3, -0.25) is 0 Å². The minimum atomic E-state index is 0.386. The smallest absolute Gasteiger partial charge is 0.101 e. The van der Waals surface area contributed by atoms with Gasteiger partial charge in [0.1, 0.15) is 6.07 Å². The molecule has 0 aliphatic heterocycles. The number of hydrogen-bond acceptors (Lipinski definition) is 1. The largest absolute Gasteiger partial charge is 0.192 e. The van der Waals surface area contributed by atoms with Crippen LogP contribution in [0.25, 0.3) is 10.6 Å². The Bertz CT molecular complexity index is 652. The lowest BCUT2D eigenvalue weighted by atomic mass is 10.0. The molecule has 2 aromatic rings. The van der Waals surface area contributed by atoms with E-state index >= 15 is 0 Å². The van der Waals surface area contributed by atoms with E-state index in [9.17, 15) is 5.26 Å². The van der Waals surface area contributed by atoms with Crippen LogP contribution >= 0.6 is 39.1 Å². The van der Waals surface area contributed by atoms with Gasteiger partial charge in [-0.05, 0) is 29.3 Å². The normalized spacial score (nSPS) is 11.7. The van der Waals surface area contributed by atoms with Crippen LogP contribution in [0.15, 0.2) is 53.0 Å². The van der Waals surface area contributed by atoms with Gasteiger partial charge < -0.3 is 0 Å². The highest BCUT2D eigenvalue weighted by atomic mass is 79.9. The van der Waals surface area contributed by atoms with Crippen molar-refractivity contribution in [3.8, 4) is 6.07 Å². The van der Waals surface area contributed by atoms with Crippen LogP contribution in [0.3, 0.4) is 0 Å². The Kier molecular flexibility index (Phi) is 4.66. The van der Waals surface area contributed by atoms with Crippen LogP contribution in [-0.4, -0.2) is 0 Å². The van der Waals surface area contributed by atoms with Crippen molar-refractivity contribution in [2.45, 2.75) is 0 Å². The van der Waals surface area contributed by atoms with Crippen molar-refractivity contribution in [1.82, 2.24) is 0 Å². The van der Waals surface area contributed by atoms with Gasteiger partial charge in [-0.1, -0.05) is 69.5 Å². The second-order valence-corrected chi connectivity index (χ2v) is 5.56. The Balaban J connectivity index is 2.59. The average Bonchev–Trinajstić information content (AvgIpc) is 2.39. The van der Waals surface area contributed by atoms with E-state index in [4.69, 9.17) is 23.2 Å². The van der Waals surface area contributed by atoms with Gasteiger partial charge in [-0.2, -0.15) is 5.26 Å². The minimum absolute atomic E-state index is 0.386. The van der Waals surface area contributed by atoms with Gasteiger partial charge in [0.2, 0.25) is 0 Å². The van der Waals surface area contributed by atoms with E-state index in [2.05, 4.69) is 22.0 Å². The monoisotopic (exact) mass is 351 g/mol.